The van der Waals surface area contributed by atoms with Crippen LogP contribution in [-0.2, 0) is 0 Å². The number of amides is 2. The molecule has 1 rings (SSSR count). The summed E-state index contributed by atoms with van der Waals surface area (Å²) in [4.78, 5) is 11.6. The molecule has 0 unspecified atom stereocenters. The van der Waals surface area contributed by atoms with Gasteiger partial charge in [0, 0.05) is 13.2 Å². The lowest BCUT2D eigenvalue weighted by Crippen LogP contribution is -2.30. The molecule has 5 heteroatoms. The van der Waals surface area contributed by atoms with Crippen LogP contribution in [0.4, 0.5) is 10.5 Å². The second-order valence-corrected chi connectivity index (χ2v) is 3.89. The summed E-state index contributed by atoms with van der Waals surface area (Å²) in [5, 5.41) is 14.0. The first-order valence-electron chi connectivity index (χ1n) is 6.06. The highest BCUT2D eigenvalue weighted by molar-refractivity contribution is 5.90. The number of aryl methyl sites for hydroxylation is 1. The maximum Gasteiger partial charge on any atom is 0.319 e. The van der Waals surface area contributed by atoms with E-state index < -0.39 is 0 Å². The van der Waals surface area contributed by atoms with Crippen LogP contribution in [0.15, 0.2) is 18.2 Å². The number of aliphatic hydroxyl groups excluding tert-OH is 1. The highest BCUT2D eigenvalue weighted by Crippen LogP contribution is 2.25. The van der Waals surface area contributed by atoms with E-state index in [1.54, 1.807) is 0 Å². The molecule has 0 aliphatic rings. The van der Waals surface area contributed by atoms with Crippen molar-refractivity contribution in [2.45, 2.75) is 20.3 Å². The van der Waals surface area contributed by atoms with E-state index in [-0.39, 0.29) is 12.6 Å². The highest BCUT2D eigenvalue weighted by Gasteiger charge is 2.07. The number of hydrogen-bond acceptors (Lipinski definition) is 3. The summed E-state index contributed by atoms with van der Waals surface area (Å²) in [6, 6.07) is 5.30. The molecule has 0 saturated carbocycles. The summed E-state index contributed by atoms with van der Waals surface area (Å²) < 4.78 is 5.46. The Bertz CT molecular complexity index is 394. The van der Waals surface area contributed by atoms with Crippen molar-refractivity contribution < 1.29 is 14.6 Å². The largest absolute Gasteiger partial charge is 0.492 e. The summed E-state index contributed by atoms with van der Waals surface area (Å²) in [5.74, 6) is 0.662. The Morgan fingerprint density at radius 2 is 2.22 bits per heavy atom. The number of carbonyl (C=O) groups excluding carboxylic acids is 1. The first-order valence-corrected chi connectivity index (χ1v) is 6.06. The second-order valence-electron chi connectivity index (χ2n) is 3.89. The van der Waals surface area contributed by atoms with Crippen molar-refractivity contribution in [1.29, 1.82) is 0 Å². The topological polar surface area (TPSA) is 70.6 Å². The van der Waals surface area contributed by atoms with Crippen LogP contribution in [0.1, 0.15) is 18.9 Å². The van der Waals surface area contributed by atoms with E-state index in [2.05, 4.69) is 10.6 Å². The van der Waals surface area contributed by atoms with E-state index in [0.29, 0.717) is 31.0 Å². The number of ether oxygens (including phenoxy) is 1. The fourth-order valence-electron chi connectivity index (χ4n) is 1.46. The van der Waals surface area contributed by atoms with Crippen molar-refractivity contribution in [3.63, 3.8) is 0 Å². The first-order chi connectivity index (χ1) is 8.67. The van der Waals surface area contributed by atoms with E-state index >= 15 is 0 Å². The van der Waals surface area contributed by atoms with Gasteiger partial charge in [-0.2, -0.15) is 0 Å². The molecule has 0 aliphatic carbocycles. The second kappa shape index (κ2) is 7.55. The predicted molar refractivity (Wildman–Crippen MR) is 71.1 cm³/mol. The lowest BCUT2D eigenvalue weighted by Gasteiger charge is -2.12. The lowest BCUT2D eigenvalue weighted by atomic mass is 10.2. The minimum atomic E-state index is -0.298. The normalized spacial score (nSPS) is 9.94. The summed E-state index contributed by atoms with van der Waals surface area (Å²) in [5.41, 5.74) is 1.72. The Morgan fingerprint density at radius 3 is 2.89 bits per heavy atom. The smallest absolute Gasteiger partial charge is 0.319 e. The zero-order chi connectivity index (χ0) is 13.4. The van der Waals surface area contributed by atoms with Crippen LogP contribution < -0.4 is 15.4 Å². The fraction of sp³-hybridized carbons (Fsp3) is 0.462. The van der Waals surface area contributed by atoms with Gasteiger partial charge in [0.05, 0.1) is 12.3 Å². The Hall–Kier alpha value is -1.75. The van der Waals surface area contributed by atoms with Gasteiger partial charge in [0.1, 0.15) is 5.75 Å². The van der Waals surface area contributed by atoms with E-state index in [4.69, 9.17) is 9.84 Å². The van der Waals surface area contributed by atoms with Crippen LogP contribution >= 0.6 is 0 Å². The Morgan fingerprint density at radius 1 is 1.44 bits per heavy atom. The van der Waals surface area contributed by atoms with Crippen LogP contribution in [0.25, 0.3) is 0 Å². The molecule has 1 aromatic carbocycles. The lowest BCUT2D eigenvalue weighted by molar-refractivity contribution is 0.248. The third-order valence-electron chi connectivity index (χ3n) is 2.31. The van der Waals surface area contributed by atoms with E-state index in [9.17, 15) is 4.79 Å². The van der Waals surface area contributed by atoms with E-state index in [0.717, 1.165) is 5.56 Å². The van der Waals surface area contributed by atoms with E-state index in [1.165, 1.54) is 0 Å². The molecule has 18 heavy (non-hydrogen) atoms. The molecule has 0 aliphatic heterocycles. The molecule has 0 atom stereocenters. The molecule has 2 amide bonds. The Kier molecular flexibility index (Phi) is 6.00. The molecular formula is C13H20N2O3. The van der Waals surface area contributed by atoms with Gasteiger partial charge in [-0.05, 0) is 38.0 Å². The van der Waals surface area contributed by atoms with Crippen molar-refractivity contribution in [2.24, 2.45) is 0 Å². The van der Waals surface area contributed by atoms with Crippen LogP contribution in [0.5, 0.6) is 5.75 Å². The van der Waals surface area contributed by atoms with Crippen molar-refractivity contribution in [1.82, 2.24) is 5.32 Å². The third-order valence-corrected chi connectivity index (χ3v) is 2.31. The molecule has 0 spiro atoms. The summed E-state index contributed by atoms with van der Waals surface area (Å²) in [7, 11) is 0. The van der Waals surface area contributed by atoms with E-state index in [1.807, 2.05) is 32.0 Å². The Labute approximate surface area is 107 Å². The summed E-state index contributed by atoms with van der Waals surface area (Å²) >= 11 is 0. The van der Waals surface area contributed by atoms with Crippen molar-refractivity contribution in [3.8, 4) is 5.75 Å². The number of anilines is 1. The van der Waals surface area contributed by atoms with Gasteiger partial charge >= 0.3 is 6.03 Å². The minimum Gasteiger partial charge on any atom is -0.492 e. The molecule has 0 saturated heterocycles. The number of carbonyl (C=O) groups is 1. The predicted octanol–water partition coefficient (Wildman–Crippen LogP) is 1.90. The van der Waals surface area contributed by atoms with Gasteiger partial charge in [-0.15, -0.1) is 0 Å². The standard InChI is InChI=1S/C13H20N2O3/c1-3-18-12-9-10(2)5-6-11(12)15-13(17)14-7-4-8-16/h5-6,9,16H,3-4,7-8H2,1-2H3,(H2,14,15,17). The maximum atomic E-state index is 11.6. The molecule has 0 bridgehead atoms. The monoisotopic (exact) mass is 252 g/mol. The highest BCUT2D eigenvalue weighted by atomic mass is 16.5. The first kappa shape index (κ1) is 14.3. The average molecular weight is 252 g/mol. The van der Waals surface area contributed by atoms with Gasteiger partial charge < -0.3 is 20.5 Å². The van der Waals surface area contributed by atoms with Gasteiger partial charge in [-0.1, -0.05) is 6.07 Å². The van der Waals surface area contributed by atoms with Crippen LogP contribution in [0.2, 0.25) is 0 Å². The van der Waals surface area contributed by atoms with Gasteiger partial charge in [-0.3, -0.25) is 0 Å². The molecule has 0 aromatic heterocycles. The SMILES string of the molecule is CCOc1cc(C)ccc1NC(=O)NCCCO. The summed E-state index contributed by atoms with van der Waals surface area (Å²) in [6.45, 7) is 4.92. The Balaban J connectivity index is 2.62. The molecular weight excluding hydrogens is 232 g/mol. The number of nitrogens with one attached hydrogen (secondary N) is 2. The van der Waals surface area contributed by atoms with Crippen LogP contribution in [0, 0.1) is 6.92 Å². The average Bonchev–Trinajstić information content (AvgIpc) is 2.33. The van der Waals surface area contributed by atoms with Crippen LogP contribution in [-0.4, -0.2) is 30.9 Å². The fourth-order valence-corrected chi connectivity index (χ4v) is 1.46. The number of hydrogen-bond donors (Lipinski definition) is 3. The van der Waals surface area contributed by atoms with Crippen molar-refractivity contribution >= 4 is 11.7 Å². The zero-order valence-corrected chi connectivity index (χ0v) is 10.8. The summed E-state index contributed by atoms with van der Waals surface area (Å²) in [6.07, 6.45) is 0.541. The molecule has 5 nitrogen and oxygen atoms in total. The van der Waals surface area contributed by atoms with Gasteiger partial charge in [0.25, 0.3) is 0 Å². The van der Waals surface area contributed by atoms with Crippen molar-refractivity contribution in [3.05, 3.63) is 23.8 Å². The molecule has 100 valence electrons. The maximum absolute atomic E-state index is 11.6. The van der Waals surface area contributed by atoms with Crippen LogP contribution in [0.3, 0.4) is 0 Å². The number of aliphatic hydroxyl groups is 1. The number of rotatable bonds is 6. The molecule has 0 radical (unpaired) electrons. The minimum absolute atomic E-state index is 0.0645. The molecule has 0 heterocycles. The molecule has 3 N–H and O–H groups in total. The van der Waals surface area contributed by atoms with Gasteiger partial charge in [-0.25, -0.2) is 4.79 Å². The molecule has 1 aromatic rings. The number of urea groups is 1. The number of benzene rings is 1. The quantitative estimate of drug-likeness (QED) is 0.677. The van der Waals surface area contributed by atoms with Gasteiger partial charge in [0.15, 0.2) is 0 Å². The molecule has 0 fully saturated rings. The van der Waals surface area contributed by atoms with Crippen molar-refractivity contribution in [2.75, 3.05) is 25.1 Å². The zero-order valence-electron chi connectivity index (χ0n) is 10.8. The van der Waals surface area contributed by atoms with Gasteiger partial charge in [0.2, 0.25) is 0 Å². The third kappa shape index (κ3) is 4.63.